The van der Waals surface area contributed by atoms with Crippen molar-refractivity contribution in [2.75, 3.05) is 35.2 Å². The van der Waals surface area contributed by atoms with Crippen LogP contribution >= 0.6 is 0 Å². The summed E-state index contributed by atoms with van der Waals surface area (Å²) in [7, 11) is -2.22. The number of fused-ring (bicyclic) bond motifs is 1. The van der Waals surface area contributed by atoms with Crippen molar-refractivity contribution in [1.29, 1.82) is 0 Å². The van der Waals surface area contributed by atoms with Crippen LogP contribution in [0.4, 0.5) is 17.1 Å². The molecule has 1 heterocycles. The van der Waals surface area contributed by atoms with Gasteiger partial charge in [-0.2, -0.15) is 0 Å². The SMILES string of the molecule is COc1ccc(C(=O)N2CCc3ccc(NC(=O)COc4ccc(S(=O)(=O)Nc5cc(C)cc(C)c5)cc4)cc32)cc1. The van der Waals surface area contributed by atoms with E-state index in [1.807, 2.05) is 26.0 Å². The van der Waals surface area contributed by atoms with Gasteiger partial charge in [-0.3, -0.25) is 14.3 Å². The maximum Gasteiger partial charge on any atom is 0.262 e. The van der Waals surface area contributed by atoms with Gasteiger partial charge in [0.15, 0.2) is 6.61 Å². The number of rotatable bonds is 9. The molecule has 0 spiro atoms. The normalized spacial score (nSPS) is 12.4. The Morgan fingerprint density at radius 2 is 1.50 bits per heavy atom. The van der Waals surface area contributed by atoms with Gasteiger partial charge in [0.05, 0.1) is 12.0 Å². The van der Waals surface area contributed by atoms with E-state index in [-0.39, 0.29) is 17.4 Å². The average molecular weight is 586 g/mol. The summed E-state index contributed by atoms with van der Waals surface area (Å²) >= 11 is 0. The number of ether oxygens (including phenoxy) is 2. The Morgan fingerprint density at radius 1 is 0.833 bits per heavy atom. The molecule has 0 fully saturated rings. The van der Waals surface area contributed by atoms with Crippen molar-refractivity contribution in [3.8, 4) is 11.5 Å². The summed E-state index contributed by atoms with van der Waals surface area (Å²) < 4.78 is 39.0. The predicted molar refractivity (Wildman–Crippen MR) is 162 cm³/mol. The van der Waals surface area contributed by atoms with Crippen LogP contribution in [0.25, 0.3) is 0 Å². The van der Waals surface area contributed by atoms with Crippen molar-refractivity contribution in [2.45, 2.75) is 25.2 Å². The summed E-state index contributed by atoms with van der Waals surface area (Å²) in [4.78, 5) is 27.6. The van der Waals surface area contributed by atoms with E-state index in [1.54, 1.807) is 60.5 Å². The average Bonchev–Trinajstić information content (AvgIpc) is 3.38. The molecule has 216 valence electrons. The minimum atomic E-state index is -3.79. The number of benzene rings is 4. The predicted octanol–water partition coefficient (Wildman–Crippen LogP) is 5.33. The first kappa shape index (κ1) is 28.7. The topological polar surface area (TPSA) is 114 Å². The third-order valence-corrected chi connectivity index (χ3v) is 8.22. The van der Waals surface area contributed by atoms with Crippen LogP contribution in [0.15, 0.2) is 89.8 Å². The summed E-state index contributed by atoms with van der Waals surface area (Å²) in [5, 5.41) is 2.80. The number of hydrogen-bond acceptors (Lipinski definition) is 6. The van der Waals surface area contributed by atoms with E-state index in [0.717, 1.165) is 28.8 Å². The van der Waals surface area contributed by atoms with Gasteiger partial charge in [-0.15, -0.1) is 0 Å². The maximum absolute atomic E-state index is 13.1. The Balaban J connectivity index is 1.18. The molecule has 0 unspecified atom stereocenters. The number of nitrogens with one attached hydrogen (secondary N) is 2. The van der Waals surface area contributed by atoms with Crippen LogP contribution in [-0.2, 0) is 21.2 Å². The third-order valence-electron chi connectivity index (χ3n) is 6.82. The number of carbonyl (C=O) groups excluding carboxylic acids is 2. The lowest BCUT2D eigenvalue weighted by molar-refractivity contribution is -0.118. The van der Waals surface area contributed by atoms with Gasteiger partial charge in [0.1, 0.15) is 11.5 Å². The molecule has 9 nitrogen and oxygen atoms in total. The molecule has 0 radical (unpaired) electrons. The number of amides is 2. The van der Waals surface area contributed by atoms with Crippen LogP contribution < -0.4 is 24.4 Å². The molecule has 0 saturated heterocycles. The fourth-order valence-electron chi connectivity index (χ4n) is 4.87. The first-order valence-electron chi connectivity index (χ1n) is 13.3. The monoisotopic (exact) mass is 585 g/mol. The van der Waals surface area contributed by atoms with Gasteiger partial charge in [-0.25, -0.2) is 8.42 Å². The second kappa shape index (κ2) is 12.0. The fourth-order valence-corrected chi connectivity index (χ4v) is 5.91. The van der Waals surface area contributed by atoms with Gasteiger partial charge in [0.2, 0.25) is 0 Å². The van der Waals surface area contributed by atoms with Crippen molar-refractivity contribution in [3.63, 3.8) is 0 Å². The minimum Gasteiger partial charge on any atom is -0.497 e. The zero-order chi connectivity index (χ0) is 29.9. The van der Waals surface area contributed by atoms with Gasteiger partial charge in [0, 0.05) is 29.2 Å². The molecule has 0 aromatic heterocycles. The lowest BCUT2D eigenvalue weighted by Gasteiger charge is -2.18. The van der Waals surface area contributed by atoms with Crippen molar-refractivity contribution in [3.05, 3.63) is 107 Å². The van der Waals surface area contributed by atoms with Gasteiger partial charge in [0.25, 0.3) is 21.8 Å². The molecule has 5 rings (SSSR count). The highest BCUT2D eigenvalue weighted by molar-refractivity contribution is 7.92. The Bertz CT molecular complexity index is 1720. The molecule has 0 atom stereocenters. The molecule has 4 aromatic rings. The highest BCUT2D eigenvalue weighted by atomic mass is 32.2. The van der Waals surface area contributed by atoms with Crippen LogP contribution in [0.5, 0.6) is 11.5 Å². The Kier molecular flexibility index (Phi) is 8.17. The molecule has 1 aliphatic rings. The maximum atomic E-state index is 13.1. The summed E-state index contributed by atoms with van der Waals surface area (Å²) in [6, 6.07) is 23.8. The van der Waals surface area contributed by atoms with Gasteiger partial charge in [-0.1, -0.05) is 12.1 Å². The summed E-state index contributed by atoms with van der Waals surface area (Å²) in [5.41, 5.74) is 5.25. The van der Waals surface area contributed by atoms with E-state index < -0.39 is 15.9 Å². The van der Waals surface area contributed by atoms with Gasteiger partial charge in [-0.05, 0) is 110 Å². The van der Waals surface area contributed by atoms with Crippen molar-refractivity contribution in [1.82, 2.24) is 0 Å². The fraction of sp³-hybridized carbons (Fsp3) is 0.188. The highest BCUT2D eigenvalue weighted by Crippen LogP contribution is 2.32. The van der Waals surface area contributed by atoms with Crippen LogP contribution in [0.2, 0.25) is 0 Å². The zero-order valence-corrected chi connectivity index (χ0v) is 24.3. The first-order valence-corrected chi connectivity index (χ1v) is 14.8. The number of sulfonamides is 1. The van der Waals surface area contributed by atoms with Gasteiger partial charge >= 0.3 is 0 Å². The van der Waals surface area contributed by atoms with E-state index in [1.165, 1.54) is 24.3 Å². The number of carbonyl (C=O) groups is 2. The first-order chi connectivity index (χ1) is 20.1. The molecular weight excluding hydrogens is 554 g/mol. The number of aryl methyl sites for hydroxylation is 2. The number of hydrogen-bond donors (Lipinski definition) is 2. The molecule has 0 aliphatic carbocycles. The van der Waals surface area contributed by atoms with Crippen molar-refractivity contribution in [2.24, 2.45) is 0 Å². The highest BCUT2D eigenvalue weighted by Gasteiger charge is 2.26. The third kappa shape index (κ3) is 6.55. The van der Waals surface area contributed by atoms with E-state index in [9.17, 15) is 18.0 Å². The summed E-state index contributed by atoms with van der Waals surface area (Å²) in [6.45, 7) is 4.07. The van der Waals surface area contributed by atoms with Crippen molar-refractivity contribution < 1.29 is 27.5 Å². The largest absolute Gasteiger partial charge is 0.497 e. The van der Waals surface area contributed by atoms with Crippen LogP contribution in [-0.4, -0.2) is 40.5 Å². The molecule has 1 aliphatic heterocycles. The Morgan fingerprint density at radius 3 is 2.17 bits per heavy atom. The molecule has 0 saturated carbocycles. The molecule has 0 bridgehead atoms. The quantitative estimate of drug-likeness (QED) is 0.274. The van der Waals surface area contributed by atoms with E-state index in [0.29, 0.717) is 35.0 Å². The number of methoxy groups -OCH3 is 1. The van der Waals surface area contributed by atoms with Gasteiger partial charge < -0.3 is 19.7 Å². The Hall–Kier alpha value is -4.83. The molecule has 2 amide bonds. The summed E-state index contributed by atoms with van der Waals surface area (Å²) in [6.07, 6.45) is 0.723. The van der Waals surface area contributed by atoms with Crippen LogP contribution in [0, 0.1) is 13.8 Å². The lowest BCUT2D eigenvalue weighted by atomic mass is 10.1. The minimum absolute atomic E-state index is 0.0744. The molecule has 2 N–H and O–H groups in total. The van der Waals surface area contributed by atoms with E-state index in [4.69, 9.17) is 9.47 Å². The number of anilines is 3. The van der Waals surface area contributed by atoms with Crippen molar-refractivity contribution >= 4 is 38.9 Å². The molecule has 10 heteroatoms. The van der Waals surface area contributed by atoms with E-state index >= 15 is 0 Å². The van der Waals surface area contributed by atoms with Crippen LogP contribution in [0.3, 0.4) is 0 Å². The van der Waals surface area contributed by atoms with Crippen LogP contribution in [0.1, 0.15) is 27.0 Å². The number of nitrogens with zero attached hydrogens (tertiary/aromatic N) is 1. The molecule has 4 aromatic carbocycles. The molecular formula is C32H31N3O6S. The lowest BCUT2D eigenvalue weighted by Crippen LogP contribution is -2.29. The second-order valence-electron chi connectivity index (χ2n) is 10.1. The molecule has 42 heavy (non-hydrogen) atoms. The summed E-state index contributed by atoms with van der Waals surface area (Å²) in [5.74, 6) is 0.500. The van der Waals surface area contributed by atoms with E-state index in [2.05, 4.69) is 10.0 Å². The Labute approximate surface area is 245 Å². The standard InChI is InChI=1S/C32H31N3O6S/c1-21-16-22(2)18-26(17-21)34-42(38,39)29-12-10-28(11-13-29)41-20-31(36)33-25-7-4-23-14-15-35(30(23)19-25)32(37)24-5-8-27(40-3)9-6-24/h4-13,16-19,34H,14-15,20H2,1-3H3,(H,33,36). The second-order valence-corrected chi connectivity index (χ2v) is 11.8. The smallest absolute Gasteiger partial charge is 0.262 e. The zero-order valence-electron chi connectivity index (χ0n) is 23.5.